The van der Waals surface area contributed by atoms with Crippen LogP contribution in [0.5, 0.6) is 0 Å². The monoisotopic (exact) mass is 602 g/mol. The summed E-state index contributed by atoms with van der Waals surface area (Å²) in [6, 6.07) is 4.07. The number of nitrogens with zero attached hydrogens (tertiary/aromatic N) is 1. The number of carbonyl (C=O) groups excluding carboxylic acids is 5. The van der Waals surface area contributed by atoms with Crippen LogP contribution in [0.3, 0.4) is 0 Å². The van der Waals surface area contributed by atoms with Gasteiger partial charge in [0.1, 0.15) is 28.8 Å². The fourth-order valence-electron chi connectivity index (χ4n) is 4.32. The highest BCUT2D eigenvalue weighted by Gasteiger charge is 2.35. The van der Waals surface area contributed by atoms with Gasteiger partial charge in [0.05, 0.1) is 24.8 Å². The minimum absolute atomic E-state index is 0.0144. The molecule has 13 nitrogen and oxygen atoms in total. The van der Waals surface area contributed by atoms with Gasteiger partial charge in [-0.15, -0.1) is 11.3 Å². The Morgan fingerprint density at radius 1 is 0.857 bits per heavy atom. The van der Waals surface area contributed by atoms with Crippen molar-refractivity contribution in [1.29, 1.82) is 0 Å². The van der Waals surface area contributed by atoms with Crippen LogP contribution < -0.4 is 26.6 Å². The van der Waals surface area contributed by atoms with Crippen molar-refractivity contribution in [2.24, 2.45) is 5.92 Å². The molecule has 0 radical (unpaired) electrons. The first-order valence-electron chi connectivity index (χ1n) is 13.7. The molecule has 0 fully saturated rings. The summed E-state index contributed by atoms with van der Waals surface area (Å²) in [5, 5.41) is 35.5. The summed E-state index contributed by atoms with van der Waals surface area (Å²) in [4.78, 5) is 69.9. The smallest absolute Gasteiger partial charge is 0.271 e. The summed E-state index contributed by atoms with van der Waals surface area (Å²) in [6.45, 7) is 5.96. The third-order valence-electron chi connectivity index (χ3n) is 7.00. The van der Waals surface area contributed by atoms with Gasteiger partial charge in [0, 0.05) is 11.8 Å². The summed E-state index contributed by atoms with van der Waals surface area (Å²) in [5.74, 6) is -3.80. The molecule has 228 valence electrons. The normalized spacial score (nSPS) is 25.0. The highest BCUT2D eigenvalue weighted by atomic mass is 32.1. The standard InChI is InChI=1S/C28H38N6O7S/c1-5-14(2)21-28-31-19(13-42-28)24(38)29-12-20(37)32-22(15(3)35)26(40)30-18(11-17-9-7-6-8-10-17)25(39)34-23(16(4)36)27(41)33-21/h6-10,13-16,18,21-23,35-36H,5,11-12H2,1-4H3,(H,29,38)(H,30,40)(H,32,37)(H,33,41)(H,34,39). The second-order valence-corrected chi connectivity index (χ2v) is 11.3. The number of aliphatic hydroxyl groups is 2. The average molecular weight is 603 g/mol. The largest absolute Gasteiger partial charge is 0.391 e. The van der Waals surface area contributed by atoms with E-state index in [-0.39, 0.29) is 18.0 Å². The Balaban J connectivity index is 2.02. The highest BCUT2D eigenvalue weighted by Crippen LogP contribution is 2.27. The summed E-state index contributed by atoms with van der Waals surface area (Å²) in [7, 11) is 0. The minimum atomic E-state index is -1.46. The van der Waals surface area contributed by atoms with Crippen molar-refractivity contribution in [2.75, 3.05) is 6.54 Å². The van der Waals surface area contributed by atoms with Gasteiger partial charge in [-0.1, -0.05) is 50.6 Å². The number of rotatable bonds is 6. The van der Waals surface area contributed by atoms with E-state index in [9.17, 15) is 34.2 Å². The summed E-state index contributed by atoms with van der Waals surface area (Å²) in [5.41, 5.74) is 0.718. The predicted molar refractivity (Wildman–Crippen MR) is 154 cm³/mol. The predicted octanol–water partition coefficient (Wildman–Crippen LogP) is -0.451. The van der Waals surface area contributed by atoms with Crippen LogP contribution in [0, 0.1) is 5.92 Å². The number of amides is 5. The van der Waals surface area contributed by atoms with Crippen LogP contribution in [0.2, 0.25) is 0 Å². The van der Waals surface area contributed by atoms with Gasteiger partial charge in [0.25, 0.3) is 5.91 Å². The first-order valence-corrected chi connectivity index (χ1v) is 14.6. The van der Waals surface area contributed by atoms with E-state index >= 15 is 0 Å². The molecule has 1 aromatic heterocycles. The fraction of sp³-hybridized carbons (Fsp3) is 0.500. The van der Waals surface area contributed by atoms with Crippen molar-refractivity contribution in [1.82, 2.24) is 31.6 Å². The van der Waals surface area contributed by atoms with E-state index in [2.05, 4.69) is 31.6 Å². The summed E-state index contributed by atoms with van der Waals surface area (Å²) < 4.78 is 0. The third-order valence-corrected chi connectivity index (χ3v) is 7.93. The number of hydrogen-bond donors (Lipinski definition) is 7. The minimum Gasteiger partial charge on any atom is -0.391 e. The van der Waals surface area contributed by atoms with Crippen molar-refractivity contribution in [3.8, 4) is 0 Å². The van der Waals surface area contributed by atoms with Gasteiger partial charge in [-0.25, -0.2) is 4.98 Å². The maximum atomic E-state index is 13.5. The van der Waals surface area contributed by atoms with Crippen molar-refractivity contribution in [3.05, 3.63) is 52.0 Å². The van der Waals surface area contributed by atoms with E-state index in [1.165, 1.54) is 19.2 Å². The molecule has 7 unspecified atom stereocenters. The maximum Gasteiger partial charge on any atom is 0.271 e. The zero-order chi connectivity index (χ0) is 31.0. The van der Waals surface area contributed by atoms with Crippen molar-refractivity contribution in [2.45, 2.75) is 76.9 Å². The van der Waals surface area contributed by atoms with Crippen LogP contribution in [-0.2, 0) is 25.6 Å². The highest BCUT2D eigenvalue weighted by molar-refractivity contribution is 7.09. The first-order chi connectivity index (χ1) is 19.9. The average Bonchev–Trinajstić information content (AvgIpc) is 3.45. The van der Waals surface area contributed by atoms with E-state index in [4.69, 9.17) is 0 Å². The zero-order valence-electron chi connectivity index (χ0n) is 23.9. The van der Waals surface area contributed by atoms with Gasteiger partial charge < -0.3 is 36.8 Å². The van der Waals surface area contributed by atoms with Crippen LogP contribution in [0.1, 0.15) is 61.2 Å². The molecule has 1 aliphatic rings. The molecule has 2 bridgehead atoms. The molecule has 7 N–H and O–H groups in total. The van der Waals surface area contributed by atoms with Gasteiger partial charge in [-0.05, 0) is 25.3 Å². The molecule has 0 spiro atoms. The molecule has 42 heavy (non-hydrogen) atoms. The summed E-state index contributed by atoms with van der Waals surface area (Å²) in [6.07, 6.45) is -2.01. The van der Waals surface area contributed by atoms with Crippen LogP contribution in [0.15, 0.2) is 35.7 Å². The zero-order valence-corrected chi connectivity index (χ0v) is 24.7. The Morgan fingerprint density at radius 3 is 2.07 bits per heavy atom. The maximum absolute atomic E-state index is 13.5. The van der Waals surface area contributed by atoms with E-state index in [1.54, 1.807) is 30.3 Å². The van der Waals surface area contributed by atoms with Gasteiger partial charge in [-0.3, -0.25) is 24.0 Å². The number of fused-ring (bicyclic) bond motifs is 2. The van der Waals surface area contributed by atoms with Crippen LogP contribution in [-0.4, -0.2) is 81.6 Å². The molecule has 0 aliphatic carbocycles. The molecule has 3 rings (SSSR count). The SMILES string of the molecule is CCC(C)C1NC(=O)C(C(C)O)NC(=O)C(Cc2ccccc2)NC(=O)C(C(C)O)NC(=O)CNC(=O)c2csc1n2. The van der Waals surface area contributed by atoms with Crippen LogP contribution in [0.25, 0.3) is 0 Å². The van der Waals surface area contributed by atoms with Gasteiger partial charge in [0.15, 0.2) is 0 Å². The number of benzene rings is 1. The Bertz CT molecular complexity index is 1270. The number of aliphatic hydroxyl groups excluding tert-OH is 2. The lowest BCUT2D eigenvalue weighted by Crippen LogP contribution is -2.61. The number of carbonyl (C=O) groups is 5. The molecule has 1 aliphatic heterocycles. The molecule has 2 aromatic rings. The summed E-state index contributed by atoms with van der Waals surface area (Å²) >= 11 is 1.15. The van der Waals surface area contributed by atoms with Gasteiger partial charge in [0.2, 0.25) is 23.6 Å². The topological polar surface area (TPSA) is 199 Å². The van der Waals surface area contributed by atoms with Gasteiger partial charge in [-0.2, -0.15) is 0 Å². The molecular formula is C28H38N6O7S. The molecule has 7 atom stereocenters. The lowest BCUT2D eigenvalue weighted by atomic mass is 9.98. The van der Waals surface area contributed by atoms with Crippen molar-refractivity contribution in [3.63, 3.8) is 0 Å². The number of nitrogens with one attached hydrogen (secondary N) is 5. The molecule has 2 heterocycles. The Kier molecular flexibility index (Phi) is 11.5. The molecule has 0 saturated carbocycles. The third kappa shape index (κ3) is 8.57. The molecule has 1 aromatic carbocycles. The Labute approximate surface area is 247 Å². The van der Waals surface area contributed by atoms with E-state index < -0.39 is 72.5 Å². The fourth-order valence-corrected chi connectivity index (χ4v) is 5.30. The second-order valence-electron chi connectivity index (χ2n) is 10.4. The Morgan fingerprint density at radius 2 is 1.45 bits per heavy atom. The number of thiazole rings is 1. The Hall–Kier alpha value is -3.88. The molecule has 0 saturated heterocycles. The van der Waals surface area contributed by atoms with Crippen LogP contribution in [0.4, 0.5) is 0 Å². The van der Waals surface area contributed by atoms with Crippen molar-refractivity contribution < 1.29 is 34.2 Å². The number of hydrogen-bond acceptors (Lipinski definition) is 9. The second kappa shape index (κ2) is 14.8. The quantitative estimate of drug-likeness (QED) is 0.231. The van der Waals surface area contributed by atoms with Gasteiger partial charge >= 0.3 is 0 Å². The molecule has 14 heteroatoms. The van der Waals surface area contributed by atoms with E-state index in [1.807, 2.05) is 13.8 Å². The molecule has 5 amide bonds. The lowest BCUT2D eigenvalue weighted by molar-refractivity contribution is -0.136. The molecular weight excluding hydrogens is 564 g/mol. The van der Waals surface area contributed by atoms with E-state index in [0.717, 1.165) is 11.3 Å². The van der Waals surface area contributed by atoms with Crippen molar-refractivity contribution >= 4 is 40.9 Å². The number of aromatic nitrogens is 1. The van der Waals surface area contributed by atoms with Crippen LogP contribution >= 0.6 is 11.3 Å². The van der Waals surface area contributed by atoms with E-state index in [0.29, 0.717) is 17.0 Å². The lowest BCUT2D eigenvalue weighted by Gasteiger charge is -2.29. The first kappa shape index (κ1) is 32.6.